The molecule has 1 unspecified atom stereocenters. The fraction of sp³-hybridized carbons (Fsp3) is 0.333. The van der Waals surface area contributed by atoms with Crippen LogP contribution < -0.4 is 10.0 Å². The fourth-order valence-corrected chi connectivity index (χ4v) is 5.19. The Balaban J connectivity index is 1.50. The first-order valence-corrected chi connectivity index (χ1v) is 11.5. The van der Waals surface area contributed by atoms with Crippen molar-refractivity contribution in [2.24, 2.45) is 0 Å². The van der Waals surface area contributed by atoms with Crippen LogP contribution in [0.4, 0.5) is 10.3 Å². The molecule has 0 aliphatic carbocycles. The maximum Gasteiger partial charge on any atom is 0.257 e. The van der Waals surface area contributed by atoms with Crippen LogP contribution in [0.2, 0.25) is 0 Å². The molecule has 12 heteroatoms. The third kappa shape index (κ3) is 4.24. The van der Waals surface area contributed by atoms with Crippen molar-refractivity contribution in [3.8, 4) is 0 Å². The van der Waals surface area contributed by atoms with E-state index in [0.717, 1.165) is 42.0 Å². The zero-order chi connectivity index (χ0) is 19.0. The molecule has 1 fully saturated rings. The number of benzene rings is 1. The van der Waals surface area contributed by atoms with Crippen LogP contribution in [0.15, 0.2) is 18.2 Å². The third-order valence-electron chi connectivity index (χ3n) is 3.79. The van der Waals surface area contributed by atoms with Crippen LogP contribution in [0.3, 0.4) is 0 Å². The van der Waals surface area contributed by atoms with Crippen LogP contribution >= 0.6 is 22.7 Å². The molecule has 1 aliphatic heterocycles. The summed E-state index contributed by atoms with van der Waals surface area (Å²) in [7, 11) is -3.40. The minimum absolute atomic E-state index is 0.0394. The number of hydrogen-bond acceptors (Lipinski definition) is 9. The highest BCUT2D eigenvalue weighted by Gasteiger charge is 2.22. The predicted octanol–water partition coefficient (Wildman–Crippen LogP) is 2.62. The Bertz CT molecular complexity index is 1100. The van der Waals surface area contributed by atoms with E-state index in [0.29, 0.717) is 20.9 Å². The Kier molecular flexibility index (Phi) is 4.80. The summed E-state index contributed by atoms with van der Waals surface area (Å²) in [5, 5.41) is 12.3. The molecule has 2 aromatic heterocycles. The van der Waals surface area contributed by atoms with Crippen LogP contribution in [0.5, 0.6) is 0 Å². The lowest BCUT2D eigenvalue weighted by Crippen LogP contribution is -2.11. The first-order valence-electron chi connectivity index (χ1n) is 8.02. The smallest absolute Gasteiger partial charge is 0.257 e. The number of hydrogen-bond donors (Lipinski definition) is 2. The molecule has 1 aromatic carbocycles. The van der Waals surface area contributed by atoms with E-state index in [9.17, 15) is 13.2 Å². The van der Waals surface area contributed by atoms with Gasteiger partial charge in [0.1, 0.15) is 11.1 Å². The Morgan fingerprint density at radius 3 is 2.85 bits per heavy atom. The minimum Gasteiger partial charge on any atom is -0.371 e. The Morgan fingerprint density at radius 1 is 1.26 bits per heavy atom. The van der Waals surface area contributed by atoms with Crippen LogP contribution in [0.25, 0.3) is 10.2 Å². The predicted molar refractivity (Wildman–Crippen MR) is 104 cm³/mol. The quantitative estimate of drug-likeness (QED) is 0.644. The molecular formula is C15H15N5O4S3. The van der Waals surface area contributed by atoms with Gasteiger partial charge in [0.15, 0.2) is 5.13 Å². The number of aromatic nitrogens is 3. The largest absolute Gasteiger partial charge is 0.371 e. The van der Waals surface area contributed by atoms with Crippen LogP contribution in [-0.4, -0.2) is 42.4 Å². The van der Waals surface area contributed by atoms with E-state index in [2.05, 4.69) is 25.2 Å². The SMILES string of the molecule is CS(=O)(=O)Nc1nc2ccc(C(=O)Nc3nnc(C4CCCO4)s3)cc2s1. The topological polar surface area (TPSA) is 123 Å². The second-order valence-electron chi connectivity index (χ2n) is 5.98. The summed E-state index contributed by atoms with van der Waals surface area (Å²) in [6.07, 6.45) is 2.93. The van der Waals surface area contributed by atoms with Gasteiger partial charge in [-0.2, -0.15) is 0 Å². The van der Waals surface area contributed by atoms with Gasteiger partial charge < -0.3 is 4.74 Å². The second kappa shape index (κ2) is 7.11. The molecule has 0 spiro atoms. The molecule has 1 atom stereocenters. The second-order valence-corrected chi connectivity index (χ2v) is 9.77. The lowest BCUT2D eigenvalue weighted by molar-refractivity contribution is 0.102. The fourth-order valence-electron chi connectivity index (χ4n) is 2.63. The van der Waals surface area contributed by atoms with Crippen molar-refractivity contribution < 1.29 is 17.9 Å². The van der Waals surface area contributed by atoms with Crippen molar-refractivity contribution in [2.45, 2.75) is 18.9 Å². The van der Waals surface area contributed by atoms with Crippen molar-refractivity contribution >= 4 is 59.1 Å². The highest BCUT2D eigenvalue weighted by Crippen LogP contribution is 2.32. The molecule has 0 radical (unpaired) electrons. The molecule has 142 valence electrons. The zero-order valence-corrected chi connectivity index (χ0v) is 16.6. The molecule has 1 saturated heterocycles. The summed E-state index contributed by atoms with van der Waals surface area (Å²) in [5.74, 6) is -0.321. The number of rotatable bonds is 5. The summed E-state index contributed by atoms with van der Waals surface area (Å²) in [6.45, 7) is 0.719. The number of carbonyl (C=O) groups excluding carboxylic acids is 1. The van der Waals surface area contributed by atoms with Crippen molar-refractivity contribution in [2.75, 3.05) is 22.9 Å². The van der Waals surface area contributed by atoms with Crippen molar-refractivity contribution in [1.29, 1.82) is 0 Å². The summed E-state index contributed by atoms with van der Waals surface area (Å²) < 4.78 is 31.3. The number of nitrogens with one attached hydrogen (secondary N) is 2. The summed E-state index contributed by atoms with van der Waals surface area (Å²) in [4.78, 5) is 16.7. The Labute approximate surface area is 162 Å². The van der Waals surface area contributed by atoms with Crippen LogP contribution in [0.1, 0.15) is 34.3 Å². The van der Waals surface area contributed by atoms with Gasteiger partial charge in [-0.05, 0) is 31.0 Å². The van der Waals surface area contributed by atoms with Gasteiger partial charge in [0, 0.05) is 12.2 Å². The molecular weight excluding hydrogens is 410 g/mol. The van der Waals surface area contributed by atoms with Crippen molar-refractivity contribution in [1.82, 2.24) is 15.2 Å². The van der Waals surface area contributed by atoms with Gasteiger partial charge in [-0.15, -0.1) is 10.2 Å². The molecule has 2 N–H and O–H groups in total. The molecule has 9 nitrogen and oxygen atoms in total. The standard InChI is InChI=1S/C15H15N5O4S3/c1-27(22,23)20-15-16-9-5-4-8(7-11(9)25-15)12(21)17-14-19-18-13(26-14)10-3-2-6-24-10/h4-5,7,10H,2-3,6H2,1H3,(H,16,20)(H,17,19,21). The van der Waals surface area contributed by atoms with E-state index in [1.165, 1.54) is 11.3 Å². The number of sulfonamides is 1. The minimum atomic E-state index is -3.40. The van der Waals surface area contributed by atoms with Gasteiger partial charge in [0.05, 0.1) is 16.5 Å². The Morgan fingerprint density at radius 2 is 2.11 bits per heavy atom. The molecule has 1 amide bonds. The van der Waals surface area contributed by atoms with E-state index >= 15 is 0 Å². The van der Waals surface area contributed by atoms with Gasteiger partial charge in [0.2, 0.25) is 15.2 Å². The molecule has 3 heterocycles. The number of thiazole rings is 1. The first-order chi connectivity index (χ1) is 12.9. The average Bonchev–Trinajstić information content (AvgIpc) is 3.32. The summed E-state index contributed by atoms with van der Waals surface area (Å²) in [6, 6.07) is 4.97. The Hall–Kier alpha value is -2.15. The van der Waals surface area contributed by atoms with Gasteiger partial charge in [-0.25, -0.2) is 13.4 Å². The lowest BCUT2D eigenvalue weighted by atomic mass is 10.2. The van der Waals surface area contributed by atoms with E-state index in [1.807, 2.05) is 0 Å². The molecule has 0 bridgehead atoms. The van der Waals surface area contributed by atoms with E-state index in [4.69, 9.17) is 4.74 Å². The van der Waals surface area contributed by atoms with E-state index < -0.39 is 10.0 Å². The van der Waals surface area contributed by atoms with Crippen LogP contribution in [-0.2, 0) is 14.8 Å². The molecule has 27 heavy (non-hydrogen) atoms. The van der Waals surface area contributed by atoms with Gasteiger partial charge in [0.25, 0.3) is 5.91 Å². The van der Waals surface area contributed by atoms with Crippen LogP contribution in [0, 0.1) is 0 Å². The van der Waals surface area contributed by atoms with E-state index in [1.54, 1.807) is 18.2 Å². The highest BCUT2D eigenvalue weighted by atomic mass is 32.2. The summed E-state index contributed by atoms with van der Waals surface area (Å²) >= 11 is 2.46. The first kappa shape index (κ1) is 18.2. The molecule has 4 rings (SSSR count). The van der Waals surface area contributed by atoms with E-state index in [-0.39, 0.29) is 17.1 Å². The van der Waals surface area contributed by atoms with Gasteiger partial charge in [-0.1, -0.05) is 22.7 Å². The number of fused-ring (bicyclic) bond motifs is 1. The van der Waals surface area contributed by atoms with Crippen molar-refractivity contribution in [3.05, 3.63) is 28.8 Å². The maximum atomic E-state index is 12.5. The number of amides is 1. The normalized spacial score (nSPS) is 17.3. The van der Waals surface area contributed by atoms with Crippen molar-refractivity contribution in [3.63, 3.8) is 0 Å². The monoisotopic (exact) mass is 425 g/mol. The number of carbonyl (C=O) groups is 1. The lowest BCUT2D eigenvalue weighted by Gasteiger charge is -2.02. The van der Waals surface area contributed by atoms with Gasteiger partial charge >= 0.3 is 0 Å². The molecule has 1 aliphatic rings. The maximum absolute atomic E-state index is 12.5. The molecule has 0 saturated carbocycles. The zero-order valence-electron chi connectivity index (χ0n) is 14.1. The average molecular weight is 426 g/mol. The summed E-state index contributed by atoms with van der Waals surface area (Å²) in [5.41, 5.74) is 1.03. The molecule has 3 aromatic rings. The highest BCUT2D eigenvalue weighted by molar-refractivity contribution is 7.92. The van der Waals surface area contributed by atoms with Gasteiger partial charge in [-0.3, -0.25) is 14.8 Å². The number of anilines is 2. The third-order valence-corrected chi connectivity index (χ3v) is 6.35. The number of ether oxygens (including phenoxy) is 1. The number of nitrogens with zero attached hydrogens (tertiary/aromatic N) is 3.